The predicted octanol–water partition coefficient (Wildman–Crippen LogP) is 0.773. The maximum absolute atomic E-state index is 13.1. The van der Waals surface area contributed by atoms with Crippen LogP contribution in [0.15, 0.2) is 24.4 Å². The zero-order chi connectivity index (χ0) is 12.4. The minimum atomic E-state index is -0.891. The summed E-state index contributed by atoms with van der Waals surface area (Å²) >= 11 is 0. The van der Waals surface area contributed by atoms with Gasteiger partial charge in [-0.2, -0.15) is 4.39 Å². The Morgan fingerprint density at radius 2 is 2.29 bits per heavy atom. The summed E-state index contributed by atoms with van der Waals surface area (Å²) in [7, 11) is 0. The molecule has 0 radical (unpaired) electrons. The van der Waals surface area contributed by atoms with Crippen molar-refractivity contribution in [3.05, 3.63) is 46.0 Å². The summed E-state index contributed by atoms with van der Waals surface area (Å²) in [4.78, 5) is 9.77. The minimum Gasteiger partial charge on any atom is -0.325 e. The predicted molar refractivity (Wildman–Crippen MR) is 55.9 cm³/mol. The highest BCUT2D eigenvalue weighted by molar-refractivity contribution is 5.43. The summed E-state index contributed by atoms with van der Waals surface area (Å²) in [5.41, 5.74) is 5.65. The Morgan fingerprint density at radius 3 is 2.88 bits per heavy atom. The smallest absolute Gasteiger partial charge is 0.306 e. The molecule has 0 saturated heterocycles. The fraction of sp³-hybridized carbons (Fsp3) is 0.111. The van der Waals surface area contributed by atoms with Crippen LogP contribution in [0.1, 0.15) is 5.69 Å². The van der Waals surface area contributed by atoms with E-state index in [0.29, 0.717) is 11.4 Å². The standard InChI is InChI=1S/C9H8FN5O2/c10-8-2-1-7(3-9(8)15(16)17)14-5-6(4-11)12-13-14/h1-3,5H,4,11H2. The first-order chi connectivity index (χ1) is 8.11. The van der Waals surface area contributed by atoms with E-state index < -0.39 is 16.4 Å². The van der Waals surface area contributed by atoms with E-state index in [9.17, 15) is 14.5 Å². The molecule has 0 atom stereocenters. The second-order valence-corrected chi connectivity index (χ2v) is 3.25. The van der Waals surface area contributed by atoms with Crippen molar-refractivity contribution in [2.45, 2.75) is 6.54 Å². The third-order valence-electron chi connectivity index (χ3n) is 2.14. The average Bonchev–Trinajstić information content (AvgIpc) is 2.78. The first-order valence-corrected chi connectivity index (χ1v) is 4.67. The Morgan fingerprint density at radius 1 is 1.53 bits per heavy atom. The Labute approximate surface area is 94.8 Å². The van der Waals surface area contributed by atoms with Gasteiger partial charge in [0.1, 0.15) is 0 Å². The average molecular weight is 237 g/mol. The van der Waals surface area contributed by atoms with Gasteiger partial charge in [-0.25, -0.2) is 4.68 Å². The van der Waals surface area contributed by atoms with Gasteiger partial charge in [0.05, 0.1) is 22.5 Å². The van der Waals surface area contributed by atoms with Gasteiger partial charge >= 0.3 is 5.69 Å². The SMILES string of the molecule is NCc1cn(-c2ccc(F)c([N+](=O)[O-])c2)nn1. The van der Waals surface area contributed by atoms with Gasteiger partial charge in [0, 0.05) is 12.6 Å². The van der Waals surface area contributed by atoms with E-state index >= 15 is 0 Å². The second kappa shape index (κ2) is 4.26. The van der Waals surface area contributed by atoms with Crippen LogP contribution >= 0.6 is 0 Å². The van der Waals surface area contributed by atoms with Crippen LogP contribution in [0, 0.1) is 15.9 Å². The molecule has 0 saturated carbocycles. The summed E-state index contributed by atoms with van der Waals surface area (Å²) in [6, 6.07) is 3.47. The van der Waals surface area contributed by atoms with Crippen LogP contribution < -0.4 is 5.73 Å². The van der Waals surface area contributed by atoms with Crippen molar-refractivity contribution in [2.24, 2.45) is 5.73 Å². The summed E-state index contributed by atoms with van der Waals surface area (Å²) in [6.07, 6.45) is 1.52. The maximum atomic E-state index is 13.1. The van der Waals surface area contributed by atoms with Gasteiger partial charge in [0.15, 0.2) is 0 Å². The van der Waals surface area contributed by atoms with Crippen molar-refractivity contribution in [3.63, 3.8) is 0 Å². The third-order valence-corrected chi connectivity index (χ3v) is 2.14. The topological polar surface area (TPSA) is 99.9 Å². The number of nitro benzene ring substituents is 1. The molecule has 2 N–H and O–H groups in total. The molecule has 1 aromatic carbocycles. The second-order valence-electron chi connectivity index (χ2n) is 3.25. The molecule has 7 nitrogen and oxygen atoms in total. The molecule has 0 aliphatic heterocycles. The van der Waals surface area contributed by atoms with E-state index in [0.717, 1.165) is 12.1 Å². The van der Waals surface area contributed by atoms with Crippen molar-refractivity contribution in [1.29, 1.82) is 0 Å². The zero-order valence-electron chi connectivity index (χ0n) is 8.58. The minimum absolute atomic E-state index is 0.212. The molecular formula is C9H8FN5O2. The van der Waals surface area contributed by atoms with Crippen molar-refractivity contribution < 1.29 is 9.31 Å². The molecule has 2 aromatic rings. The Hall–Kier alpha value is -2.35. The van der Waals surface area contributed by atoms with Crippen molar-refractivity contribution in [2.75, 3.05) is 0 Å². The molecule has 0 bridgehead atoms. The summed E-state index contributed by atoms with van der Waals surface area (Å²) < 4.78 is 14.4. The van der Waals surface area contributed by atoms with Crippen LogP contribution in [-0.4, -0.2) is 19.9 Å². The highest BCUT2D eigenvalue weighted by Gasteiger charge is 2.15. The zero-order valence-corrected chi connectivity index (χ0v) is 8.58. The molecule has 0 unspecified atom stereocenters. The van der Waals surface area contributed by atoms with Gasteiger partial charge in [-0.15, -0.1) is 5.10 Å². The lowest BCUT2D eigenvalue weighted by Gasteiger charge is -2.00. The van der Waals surface area contributed by atoms with Crippen LogP contribution in [-0.2, 0) is 6.54 Å². The third kappa shape index (κ3) is 2.11. The van der Waals surface area contributed by atoms with Crippen LogP contribution in [0.5, 0.6) is 0 Å². The molecular weight excluding hydrogens is 229 g/mol. The fourth-order valence-corrected chi connectivity index (χ4v) is 1.30. The molecule has 8 heteroatoms. The number of benzene rings is 1. The molecule has 1 heterocycles. The van der Waals surface area contributed by atoms with Crippen LogP contribution in [0.3, 0.4) is 0 Å². The molecule has 1 aromatic heterocycles. The van der Waals surface area contributed by atoms with Gasteiger partial charge in [-0.1, -0.05) is 5.21 Å². The Kier molecular flexibility index (Phi) is 2.79. The molecule has 0 spiro atoms. The van der Waals surface area contributed by atoms with Gasteiger partial charge in [0.2, 0.25) is 5.82 Å². The van der Waals surface area contributed by atoms with Crippen molar-refractivity contribution in [1.82, 2.24) is 15.0 Å². The number of nitrogens with two attached hydrogens (primary N) is 1. The number of hydrogen-bond donors (Lipinski definition) is 1. The van der Waals surface area contributed by atoms with E-state index in [1.165, 1.54) is 16.9 Å². The monoisotopic (exact) mass is 237 g/mol. The summed E-state index contributed by atoms with van der Waals surface area (Å²) in [6.45, 7) is 0.212. The molecule has 0 aliphatic carbocycles. The largest absolute Gasteiger partial charge is 0.325 e. The number of hydrogen-bond acceptors (Lipinski definition) is 5. The van der Waals surface area contributed by atoms with E-state index in [1.807, 2.05) is 0 Å². The number of nitro groups is 1. The van der Waals surface area contributed by atoms with Gasteiger partial charge in [-0.3, -0.25) is 10.1 Å². The highest BCUT2D eigenvalue weighted by atomic mass is 19.1. The fourth-order valence-electron chi connectivity index (χ4n) is 1.30. The number of aromatic nitrogens is 3. The normalized spacial score (nSPS) is 10.5. The molecule has 0 amide bonds. The van der Waals surface area contributed by atoms with Gasteiger partial charge < -0.3 is 5.73 Å². The first-order valence-electron chi connectivity index (χ1n) is 4.67. The quantitative estimate of drug-likeness (QED) is 0.627. The highest BCUT2D eigenvalue weighted by Crippen LogP contribution is 2.20. The maximum Gasteiger partial charge on any atom is 0.306 e. The van der Waals surface area contributed by atoms with Crippen LogP contribution in [0.2, 0.25) is 0 Å². The van der Waals surface area contributed by atoms with Crippen molar-refractivity contribution in [3.8, 4) is 5.69 Å². The number of nitrogens with zero attached hydrogens (tertiary/aromatic N) is 4. The molecule has 0 aliphatic rings. The van der Waals surface area contributed by atoms with E-state index in [2.05, 4.69) is 10.3 Å². The number of rotatable bonds is 3. The van der Waals surface area contributed by atoms with E-state index in [4.69, 9.17) is 5.73 Å². The van der Waals surface area contributed by atoms with Crippen LogP contribution in [0.25, 0.3) is 5.69 Å². The summed E-state index contributed by atoms with van der Waals surface area (Å²) in [5, 5.41) is 18.0. The Bertz CT molecular complexity index is 568. The lowest BCUT2D eigenvalue weighted by atomic mass is 10.2. The van der Waals surface area contributed by atoms with Crippen LogP contribution in [0.4, 0.5) is 10.1 Å². The molecule has 88 valence electrons. The Balaban J connectivity index is 2.46. The van der Waals surface area contributed by atoms with Crippen molar-refractivity contribution >= 4 is 5.69 Å². The lowest BCUT2D eigenvalue weighted by molar-refractivity contribution is -0.387. The van der Waals surface area contributed by atoms with Gasteiger partial charge in [0.25, 0.3) is 0 Å². The molecule has 0 fully saturated rings. The van der Waals surface area contributed by atoms with E-state index in [-0.39, 0.29) is 6.54 Å². The lowest BCUT2D eigenvalue weighted by Crippen LogP contribution is -1.99. The number of halogens is 1. The summed E-state index contributed by atoms with van der Waals surface area (Å²) in [5.74, 6) is -0.891. The molecule has 2 rings (SSSR count). The van der Waals surface area contributed by atoms with Gasteiger partial charge in [-0.05, 0) is 12.1 Å². The van der Waals surface area contributed by atoms with E-state index in [1.54, 1.807) is 0 Å². The first kappa shape index (κ1) is 11.1. The molecule has 17 heavy (non-hydrogen) atoms.